The van der Waals surface area contributed by atoms with Gasteiger partial charge in [-0.2, -0.15) is 0 Å². The normalized spacial score (nSPS) is 20.2. The second-order valence-corrected chi connectivity index (χ2v) is 2.20. The Kier molecular flexibility index (Phi) is 2.39. The Morgan fingerprint density at radius 1 is 1.70 bits per heavy atom. The third-order valence-electron chi connectivity index (χ3n) is 1.41. The van der Waals surface area contributed by atoms with Gasteiger partial charge in [-0.05, 0) is 0 Å². The average Bonchev–Trinajstić information content (AvgIpc) is 1.88. The van der Waals surface area contributed by atoms with E-state index in [-0.39, 0.29) is 12.5 Å². The monoisotopic (exact) mass is 141 g/mol. The number of amides is 1. The molecule has 1 heterocycles. The van der Waals surface area contributed by atoms with Crippen LogP contribution in [0.5, 0.6) is 0 Å². The predicted molar refractivity (Wildman–Crippen MR) is 35.1 cm³/mol. The Hall–Kier alpha value is -0.900. The highest BCUT2D eigenvalue weighted by Crippen LogP contribution is 1.89. The van der Waals surface area contributed by atoms with Gasteiger partial charge in [0.05, 0.1) is 13.1 Å². The van der Waals surface area contributed by atoms with E-state index in [0.29, 0.717) is 13.1 Å². The number of carbonyl (C=O) groups excluding carboxylic acids is 2. The van der Waals surface area contributed by atoms with Gasteiger partial charge in [0.1, 0.15) is 0 Å². The standard InChI is InChI=1S/C6H9N2O2/c9-4-3-8-2-1-7-6(10)5-8/h1-3,5H2,(H,7,10). The molecule has 1 aliphatic heterocycles. The minimum atomic E-state index is -0.0125. The summed E-state index contributed by atoms with van der Waals surface area (Å²) >= 11 is 0. The largest absolute Gasteiger partial charge is 0.354 e. The average molecular weight is 141 g/mol. The van der Waals surface area contributed by atoms with Crippen LogP contribution in [0.1, 0.15) is 0 Å². The van der Waals surface area contributed by atoms with Crippen molar-refractivity contribution in [1.29, 1.82) is 0 Å². The van der Waals surface area contributed by atoms with Gasteiger partial charge >= 0.3 is 0 Å². The van der Waals surface area contributed by atoms with E-state index < -0.39 is 0 Å². The first-order valence-corrected chi connectivity index (χ1v) is 3.17. The molecule has 1 amide bonds. The molecule has 0 bridgehead atoms. The first-order chi connectivity index (χ1) is 4.83. The van der Waals surface area contributed by atoms with Gasteiger partial charge < -0.3 is 5.32 Å². The van der Waals surface area contributed by atoms with Gasteiger partial charge in [0, 0.05) is 13.1 Å². The minimum Gasteiger partial charge on any atom is -0.354 e. The second kappa shape index (κ2) is 3.31. The molecule has 1 N–H and O–H groups in total. The fourth-order valence-electron chi connectivity index (χ4n) is 0.918. The van der Waals surface area contributed by atoms with E-state index in [1.165, 1.54) is 0 Å². The van der Waals surface area contributed by atoms with Crippen molar-refractivity contribution in [2.24, 2.45) is 0 Å². The summed E-state index contributed by atoms with van der Waals surface area (Å²) in [6.07, 6.45) is 1.75. The lowest BCUT2D eigenvalue weighted by molar-refractivity contribution is -0.123. The zero-order chi connectivity index (χ0) is 7.40. The number of rotatable bonds is 2. The van der Waals surface area contributed by atoms with Crippen molar-refractivity contribution in [3.63, 3.8) is 0 Å². The molecule has 55 valence electrons. The lowest BCUT2D eigenvalue weighted by Gasteiger charge is -2.23. The fourth-order valence-corrected chi connectivity index (χ4v) is 0.918. The molecular formula is C6H9N2O2. The van der Waals surface area contributed by atoms with Gasteiger partial charge in [0.25, 0.3) is 0 Å². The molecule has 0 unspecified atom stereocenters. The Morgan fingerprint density at radius 3 is 3.10 bits per heavy atom. The van der Waals surface area contributed by atoms with Crippen molar-refractivity contribution in [3.05, 3.63) is 0 Å². The van der Waals surface area contributed by atoms with Crippen molar-refractivity contribution in [3.8, 4) is 0 Å². The number of hydrogen-bond acceptors (Lipinski definition) is 3. The Labute approximate surface area is 59.2 Å². The van der Waals surface area contributed by atoms with E-state index in [9.17, 15) is 9.59 Å². The minimum absolute atomic E-state index is 0.0125. The molecule has 1 saturated heterocycles. The molecule has 1 aliphatic rings. The summed E-state index contributed by atoms with van der Waals surface area (Å²) in [7, 11) is 0. The molecule has 1 fully saturated rings. The molecule has 0 aliphatic carbocycles. The maximum Gasteiger partial charge on any atom is 0.234 e. The maximum atomic E-state index is 10.7. The second-order valence-electron chi connectivity index (χ2n) is 2.20. The van der Waals surface area contributed by atoms with Crippen molar-refractivity contribution in [2.75, 3.05) is 26.2 Å². The van der Waals surface area contributed by atoms with Crippen LogP contribution in [0.4, 0.5) is 0 Å². The molecule has 1 rings (SSSR count). The van der Waals surface area contributed by atoms with Crippen molar-refractivity contribution >= 4 is 12.2 Å². The van der Waals surface area contributed by atoms with E-state index in [4.69, 9.17) is 0 Å². The van der Waals surface area contributed by atoms with Crippen LogP contribution in [0.25, 0.3) is 0 Å². The molecule has 0 aromatic carbocycles. The molecule has 4 heteroatoms. The highest BCUT2D eigenvalue weighted by Gasteiger charge is 2.14. The van der Waals surface area contributed by atoms with E-state index in [1.807, 2.05) is 0 Å². The molecule has 10 heavy (non-hydrogen) atoms. The van der Waals surface area contributed by atoms with Crippen LogP contribution in [0.2, 0.25) is 0 Å². The third kappa shape index (κ3) is 1.80. The molecule has 1 radical (unpaired) electrons. The summed E-state index contributed by atoms with van der Waals surface area (Å²) in [5.74, 6) is -0.0125. The van der Waals surface area contributed by atoms with Crippen LogP contribution in [-0.4, -0.2) is 43.3 Å². The Morgan fingerprint density at radius 2 is 2.50 bits per heavy atom. The first-order valence-electron chi connectivity index (χ1n) is 3.17. The highest BCUT2D eigenvalue weighted by molar-refractivity contribution is 5.79. The SMILES string of the molecule is O=[C]CN1CCNC(=O)C1. The zero-order valence-corrected chi connectivity index (χ0v) is 5.59. The number of piperazine rings is 1. The molecule has 0 aromatic heterocycles. The van der Waals surface area contributed by atoms with Crippen molar-refractivity contribution in [1.82, 2.24) is 10.2 Å². The van der Waals surface area contributed by atoms with Crippen LogP contribution < -0.4 is 5.32 Å². The van der Waals surface area contributed by atoms with Crippen LogP contribution in [0.3, 0.4) is 0 Å². The first kappa shape index (κ1) is 7.21. The molecule has 0 atom stereocenters. The van der Waals surface area contributed by atoms with Gasteiger partial charge in [-0.1, -0.05) is 0 Å². The van der Waals surface area contributed by atoms with E-state index in [2.05, 4.69) is 5.32 Å². The number of hydrogen-bond donors (Lipinski definition) is 1. The van der Waals surface area contributed by atoms with E-state index >= 15 is 0 Å². The Bertz CT molecular complexity index is 147. The molecule has 4 nitrogen and oxygen atoms in total. The quantitative estimate of drug-likeness (QED) is 0.510. The van der Waals surface area contributed by atoms with Gasteiger partial charge in [-0.15, -0.1) is 0 Å². The predicted octanol–water partition coefficient (Wildman–Crippen LogP) is -1.47. The molecular weight excluding hydrogens is 132 g/mol. The summed E-state index contributed by atoms with van der Waals surface area (Å²) in [5.41, 5.74) is 0. The summed E-state index contributed by atoms with van der Waals surface area (Å²) in [6.45, 7) is 1.96. The van der Waals surface area contributed by atoms with Gasteiger partial charge in [-0.25, -0.2) is 0 Å². The van der Waals surface area contributed by atoms with Crippen LogP contribution in [0.15, 0.2) is 0 Å². The zero-order valence-electron chi connectivity index (χ0n) is 5.59. The van der Waals surface area contributed by atoms with Crippen molar-refractivity contribution in [2.45, 2.75) is 0 Å². The van der Waals surface area contributed by atoms with E-state index in [0.717, 1.165) is 6.54 Å². The lowest BCUT2D eigenvalue weighted by atomic mass is 10.3. The van der Waals surface area contributed by atoms with Crippen LogP contribution in [-0.2, 0) is 9.59 Å². The summed E-state index contributed by atoms with van der Waals surface area (Å²) in [5, 5.41) is 2.66. The Balaban J connectivity index is 2.31. The van der Waals surface area contributed by atoms with Gasteiger partial charge in [0.2, 0.25) is 12.2 Å². The van der Waals surface area contributed by atoms with Crippen molar-refractivity contribution < 1.29 is 9.59 Å². The number of nitrogens with zero attached hydrogens (tertiary/aromatic N) is 1. The molecule has 0 aromatic rings. The topological polar surface area (TPSA) is 49.4 Å². The van der Waals surface area contributed by atoms with Crippen LogP contribution in [0, 0.1) is 0 Å². The van der Waals surface area contributed by atoms with E-state index in [1.54, 1.807) is 11.2 Å². The van der Waals surface area contributed by atoms with Crippen LogP contribution >= 0.6 is 0 Å². The number of nitrogens with one attached hydrogen (secondary N) is 1. The lowest BCUT2D eigenvalue weighted by Crippen LogP contribution is -2.48. The fraction of sp³-hybridized carbons (Fsp3) is 0.667. The number of carbonyl (C=O) groups is 1. The maximum absolute atomic E-state index is 10.7. The summed E-state index contributed by atoms with van der Waals surface area (Å²) < 4.78 is 0. The van der Waals surface area contributed by atoms with Gasteiger partial charge in [0.15, 0.2) is 0 Å². The molecule has 0 spiro atoms. The smallest absolute Gasteiger partial charge is 0.234 e. The highest BCUT2D eigenvalue weighted by atomic mass is 16.2. The summed E-state index contributed by atoms with van der Waals surface area (Å²) in [6, 6.07) is 0. The summed E-state index contributed by atoms with van der Waals surface area (Å²) in [4.78, 5) is 22.3. The third-order valence-corrected chi connectivity index (χ3v) is 1.41. The van der Waals surface area contributed by atoms with Gasteiger partial charge in [-0.3, -0.25) is 14.5 Å². The molecule has 0 saturated carbocycles.